The number of anilines is 1. The first-order chi connectivity index (χ1) is 19.7. The van der Waals surface area contributed by atoms with Gasteiger partial charge in [-0.15, -0.1) is 0 Å². The molecule has 0 saturated heterocycles. The van der Waals surface area contributed by atoms with E-state index < -0.39 is 24.9 Å². The summed E-state index contributed by atoms with van der Waals surface area (Å²) in [5.41, 5.74) is 1.95. The van der Waals surface area contributed by atoms with Crippen molar-refractivity contribution in [3.8, 4) is 11.8 Å². The molecule has 2 N–H and O–H groups in total. The molecule has 5 heterocycles. The summed E-state index contributed by atoms with van der Waals surface area (Å²) in [6.07, 6.45) is -4.37. The molecular formula is C27H29F3N6O5. The molecule has 2 amide bonds. The van der Waals surface area contributed by atoms with Gasteiger partial charge in [-0.3, -0.25) is 4.79 Å². The minimum atomic E-state index is -4.56. The number of benzene rings is 2. The highest BCUT2D eigenvalue weighted by molar-refractivity contribution is 5.94. The number of hydrogen-bond acceptors (Lipinski definition) is 9. The van der Waals surface area contributed by atoms with Crippen molar-refractivity contribution in [3.63, 3.8) is 0 Å². The Hall–Kier alpha value is -4.62. The van der Waals surface area contributed by atoms with Crippen LogP contribution in [0.1, 0.15) is 33.7 Å². The van der Waals surface area contributed by atoms with Gasteiger partial charge >= 0.3 is 18.3 Å². The Balaban J connectivity index is 1.56. The van der Waals surface area contributed by atoms with E-state index in [2.05, 4.69) is 25.6 Å². The van der Waals surface area contributed by atoms with Gasteiger partial charge in [0.15, 0.2) is 6.61 Å². The molecular weight excluding hydrogens is 545 g/mol. The zero-order valence-corrected chi connectivity index (χ0v) is 22.2. The first-order valence-electron chi connectivity index (χ1n) is 12.8. The van der Waals surface area contributed by atoms with Gasteiger partial charge in [-0.25, -0.2) is 4.79 Å². The highest BCUT2D eigenvalue weighted by Crippen LogP contribution is 2.19. The van der Waals surface area contributed by atoms with E-state index in [1.807, 2.05) is 12.1 Å². The lowest BCUT2D eigenvalue weighted by atomic mass is 10.1. The van der Waals surface area contributed by atoms with Crippen molar-refractivity contribution >= 4 is 17.9 Å². The Kier molecular flexibility index (Phi) is 9.77. The standard InChI is InChI=1S/C27H29F3N6O5/c1-39-26(38)36-12-2-14-40-21-9-5-19(6-10-21)16-32-24-33-22(34-25(35-24)41-17-27(28,29)30)15-18-3-7-20(8-4-18)23(37)31-11-13-36/h3-10H,2,11-17H2,1H3,(H,31,37)(H,32,33,34,35). The summed E-state index contributed by atoms with van der Waals surface area (Å²) < 4.78 is 53.7. The summed E-state index contributed by atoms with van der Waals surface area (Å²) in [7, 11) is 1.30. The number of ether oxygens (including phenoxy) is 3. The van der Waals surface area contributed by atoms with E-state index in [4.69, 9.17) is 14.2 Å². The van der Waals surface area contributed by atoms with Gasteiger partial charge in [0.05, 0.1) is 13.7 Å². The largest absolute Gasteiger partial charge is 0.494 e. The summed E-state index contributed by atoms with van der Waals surface area (Å²) in [4.78, 5) is 38.6. The Morgan fingerprint density at radius 3 is 2.44 bits per heavy atom. The second kappa shape index (κ2) is 13.6. The molecule has 14 heteroatoms. The van der Waals surface area contributed by atoms with E-state index in [1.54, 1.807) is 36.4 Å². The van der Waals surface area contributed by atoms with Crippen molar-refractivity contribution in [1.29, 1.82) is 0 Å². The van der Waals surface area contributed by atoms with Gasteiger partial charge in [-0.2, -0.15) is 28.1 Å². The van der Waals surface area contributed by atoms with Crippen LogP contribution >= 0.6 is 0 Å². The number of nitrogens with one attached hydrogen (secondary N) is 2. The van der Waals surface area contributed by atoms with Gasteiger partial charge in [0.25, 0.3) is 5.91 Å². The fraction of sp³-hybridized carbons (Fsp3) is 0.370. The molecule has 0 atom stereocenters. The van der Waals surface area contributed by atoms with E-state index in [-0.39, 0.29) is 43.7 Å². The van der Waals surface area contributed by atoms with Gasteiger partial charge in [0, 0.05) is 38.2 Å². The van der Waals surface area contributed by atoms with Crippen molar-refractivity contribution in [1.82, 2.24) is 25.2 Å². The maximum absolute atomic E-state index is 12.7. The Bertz CT molecular complexity index is 1320. The maximum atomic E-state index is 12.7. The molecule has 0 unspecified atom stereocenters. The lowest BCUT2D eigenvalue weighted by Crippen LogP contribution is -2.39. The minimum absolute atomic E-state index is 0.0528. The van der Waals surface area contributed by atoms with Crippen LogP contribution in [0.2, 0.25) is 0 Å². The van der Waals surface area contributed by atoms with Crippen LogP contribution in [-0.4, -0.2) is 78.0 Å². The summed E-state index contributed by atoms with van der Waals surface area (Å²) >= 11 is 0. The fourth-order valence-electron chi connectivity index (χ4n) is 3.88. The number of amides is 2. The highest BCUT2D eigenvalue weighted by atomic mass is 19.4. The van der Waals surface area contributed by atoms with E-state index in [0.29, 0.717) is 36.4 Å². The Morgan fingerprint density at radius 2 is 1.73 bits per heavy atom. The SMILES string of the molecule is COC(=O)N1CCCOc2ccc(cc2)CNc2nc(nc(OCC(F)(F)F)n2)Cc2ccc(cc2)C(=O)NCC1. The molecule has 4 aliphatic rings. The van der Waals surface area contributed by atoms with Gasteiger partial charge in [0.2, 0.25) is 5.95 Å². The van der Waals surface area contributed by atoms with Crippen molar-refractivity contribution in [2.75, 3.05) is 45.3 Å². The van der Waals surface area contributed by atoms with Gasteiger partial charge in [-0.1, -0.05) is 24.3 Å². The minimum Gasteiger partial charge on any atom is -0.494 e. The number of halogens is 3. The summed E-state index contributed by atoms with van der Waals surface area (Å²) in [6.45, 7) is -0.0878. The zero-order valence-electron chi connectivity index (χ0n) is 22.2. The molecule has 0 fully saturated rings. The second-order valence-electron chi connectivity index (χ2n) is 9.05. The second-order valence-corrected chi connectivity index (χ2v) is 9.05. The molecule has 0 saturated carbocycles. The summed E-state index contributed by atoms with van der Waals surface area (Å²) in [5.74, 6) is 0.527. The fourth-order valence-corrected chi connectivity index (χ4v) is 3.88. The molecule has 6 bridgehead atoms. The third-order valence-electron chi connectivity index (χ3n) is 5.92. The van der Waals surface area contributed by atoms with Crippen molar-refractivity contribution in [2.45, 2.75) is 25.6 Å². The molecule has 2 aromatic carbocycles. The number of aromatic nitrogens is 3. The predicted octanol–water partition coefficient (Wildman–Crippen LogP) is 3.60. The van der Waals surface area contributed by atoms with Crippen molar-refractivity contribution in [2.24, 2.45) is 0 Å². The molecule has 218 valence electrons. The van der Waals surface area contributed by atoms with Crippen LogP contribution in [0.4, 0.5) is 23.9 Å². The first kappa shape index (κ1) is 29.4. The summed E-state index contributed by atoms with van der Waals surface area (Å²) in [5, 5.41) is 5.78. The third kappa shape index (κ3) is 9.22. The number of hydrogen-bond donors (Lipinski definition) is 2. The van der Waals surface area contributed by atoms with Crippen LogP contribution in [0.15, 0.2) is 48.5 Å². The number of carbonyl (C=O) groups is 2. The van der Waals surface area contributed by atoms with E-state index in [1.165, 1.54) is 12.0 Å². The molecule has 11 nitrogen and oxygen atoms in total. The van der Waals surface area contributed by atoms with Crippen LogP contribution in [-0.2, 0) is 17.7 Å². The zero-order chi connectivity index (χ0) is 29.2. The van der Waals surface area contributed by atoms with Crippen molar-refractivity contribution in [3.05, 3.63) is 71.0 Å². The molecule has 1 aromatic heterocycles. The molecule has 41 heavy (non-hydrogen) atoms. The molecule has 4 aliphatic heterocycles. The van der Waals surface area contributed by atoms with Crippen LogP contribution in [0.5, 0.6) is 11.8 Å². The lowest BCUT2D eigenvalue weighted by molar-refractivity contribution is -0.154. The molecule has 0 radical (unpaired) electrons. The van der Waals surface area contributed by atoms with E-state index in [9.17, 15) is 22.8 Å². The average molecular weight is 575 g/mol. The normalized spacial score (nSPS) is 14.9. The molecule has 0 spiro atoms. The Labute approximate surface area is 234 Å². The number of nitrogens with zero attached hydrogens (tertiary/aromatic N) is 4. The quantitative estimate of drug-likeness (QED) is 0.472. The van der Waals surface area contributed by atoms with Crippen LogP contribution in [0.25, 0.3) is 0 Å². The predicted molar refractivity (Wildman–Crippen MR) is 141 cm³/mol. The number of alkyl halides is 3. The Morgan fingerprint density at radius 1 is 1.00 bits per heavy atom. The van der Waals surface area contributed by atoms with Crippen LogP contribution in [0.3, 0.4) is 0 Å². The third-order valence-corrected chi connectivity index (χ3v) is 5.92. The van der Waals surface area contributed by atoms with E-state index in [0.717, 1.165) is 5.56 Å². The van der Waals surface area contributed by atoms with Crippen LogP contribution < -0.4 is 20.1 Å². The molecule has 3 aromatic rings. The van der Waals surface area contributed by atoms with Crippen molar-refractivity contribution < 1.29 is 37.0 Å². The topological polar surface area (TPSA) is 128 Å². The maximum Gasteiger partial charge on any atom is 0.422 e. The van der Waals surface area contributed by atoms with E-state index >= 15 is 0 Å². The van der Waals surface area contributed by atoms with Crippen LogP contribution in [0, 0.1) is 0 Å². The number of carbonyl (C=O) groups excluding carboxylic acids is 2. The number of methoxy groups -OCH3 is 1. The average Bonchev–Trinajstić information content (AvgIpc) is 2.96. The molecule has 7 rings (SSSR count). The molecule has 0 aliphatic carbocycles. The lowest BCUT2D eigenvalue weighted by Gasteiger charge is -2.21. The van der Waals surface area contributed by atoms with Gasteiger partial charge in [0.1, 0.15) is 11.6 Å². The number of rotatable bonds is 2. The highest BCUT2D eigenvalue weighted by Gasteiger charge is 2.29. The van der Waals surface area contributed by atoms with Gasteiger partial charge < -0.3 is 29.7 Å². The summed E-state index contributed by atoms with van der Waals surface area (Å²) in [6, 6.07) is 13.4. The monoisotopic (exact) mass is 574 g/mol. The first-order valence-corrected chi connectivity index (χ1v) is 12.8. The smallest absolute Gasteiger partial charge is 0.422 e. The van der Waals surface area contributed by atoms with Gasteiger partial charge in [-0.05, 0) is 41.8 Å².